The number of benzene rings is 1. The van der Waals surface area contributed by atoms with Gasteiger partial charge in [0.2, 0.25) is 0 Å². The maximum atomic E-state index is 6.02. The quantitative estimate of drug-likeness (QED) is 0.883. The third kappa shape index (κ3) is 3.37. The van der Waals surface area contributed by atoms with Crippen molar-refractivity contribution in [1.29, 1.82) is 0 Å². The van der Waals surface area contributed by atoms with Crippen molar-refractivity contribution < 1.29 is 4.74 Å². The Morgan fingerprint density at radius 1 is 1.30 bits per heavy atom. The molecule has 0 spiro atoms. The van der Waals surface area contributed by atoms with Gasteiger partial charge < -0.3 is 10.1 Å². The number of ether oxygens (including phenoxy) is 1. The first-order valence-corrected chi connectivity index (χ1v) is 8.70. The summed E-state index contributed by atoms with van der Waals surface area (Å²) in [7, 11) is 0. The molecular weight excluding hydrogens is 314 g/mol. The Morgan fingerprint density at radius 2 is 2.10 bits per heavy atom. The third-order valence-electron chi connectivity index (χ3n) is 4.79. The molecule has 1 fully saturated rings. The lowest BCUT2D eigenvalue weighted by molar-refractivity contribution is 0.204. The minimum Gasteiger partial charge on any atom is -0.488 e. The van der Waals surface area contributed by atoms with Gasteiger partial charge >= 0.3 is 0 Å². The van der Waals surface area contributed by atoms with Crippen molar-refractivity contribution in [2.75, 3.05) is 6.54 Å². The monoisotopic (exact) mass is 337 g/mol. The lowest BCUT2D eigenvalue weighted by Gasteiger charge is -2.29. The van der Waals surface area contributed by atoms with Crippen LogP contribution >= 0.6 is 15.9 Å². The summed E-state index contributed by atoms with van der Waals surface area (Å²) in [4.78, 5) is 0. The average molecular weight is 338 g/mol. The molecule has 2 atom stereocenters. The predicted molar refractivity (Wildman–Crippen MR) is 86.3 cm³/mol. The van der Waals surface area contributed by atoms with Gasteiger partial charge in [0.1, 0.15) is 11.9 Å². The number of nitrogens with one attached hydrogen (secondary N) is 1. The van der Waals surface area contributed by atoms with E-state index in [1.165, 1.54) is 37.7 Å². The molecule has 3 heteroatoms. The van der Waals surface area contributed by atoms with E-state index in [2.05, 4.69) is 46.4 Å². The van der Waals surface area contributed by atoms with Crippen molar-refractivity contribution in [1.82, 2.24) is 5.32 Å². The maximum absolute atomic E-state index is 6.02. The van der Waals surface area contributed by atoms with Crippen molar-refractivity contribution in [3.05, 3.63) is 28.2 Å². The summed E-state index contributed by atoms with van der Waals surface area (Å²) in [6.45, 7) is 3.30. The maximum Gasteiger partial charge on any atom is 0.123 e. The first-order chi connectivity index (χ1) is 9.72. The summed E-state index contributed by atoms with van der Waals surface area (Å²) >= 11 is 3.53. The van der Waals surface area contributed by atoms with Gasteiger partial charge in [-0.1, -0.05) is 35.2 Å². The van der Waals surface area contributed by atoms with Crippen LogP contribution in [0.5, 0.6) is 5.75 Å². The van der Waals surface area contributed by atoms with Gasteiger partial charge in [-0.15, -0.1) is 0 Å². The second kappa shape index (κ2) is 6.48. The van der Waals surface area contributed by atoms with Crippen LogP contribution in [0.4, 0.5) is 0 Å². The van der Waals surface area contributed by atoms with Gasteiger partial charge in [0, 0.05) is 23.5 Å². The molecule has 110 valence electrons. The first kappa shape index (κ1) is 14.4. The molecule has 3 rings (SSSR count). The van der Waals surface area contributed by atoms with Crippen LogP contribution in [0.15, 0.2) is 22.7 Å². The summed E-state index contributed by atoms with van der Waals surface area (Å²) in [5, 5.41) is 3.71. The number of halogens is 1. The molecule has 1 N–H and O–H groups in total. The van der Waals surface area contributed by atoms with E-state index >= 15 is 0 Å². The van der Waals surface area contributed by atoms with E-state index < -0.39 is 0 Å². The second-order valence-corrected chi connectivity index (χ2v) is 7.21. The largest absolute Gasteiger partial charge is 0.488 e. The molecule has 0 aromatic heterocycles. The Kier molecular flexibility index (Phi) is 4.67. The number of hydrogen-bond donors (Lipinski definition) is 1. The number of fused-ring (bicyclic) bond motifs is 1. The summed E-state index contributed by atoms with van der Waals surface area (Å²) in [5.41, 5.74) is 1.33. The van der Waals surface area contributed by atoms with Gasteiger partial charge in [-0.3, -0.25) is 0 Å². The summed E-state index contributed by atoms with van der Waals surface area (Å²) < 4.78 is 7.16. The van der Waals surface area contributed by atoms with Crippen LogP contribution in [-0.4, -0.2) is 18.7 Å². The molecule has 1 heterocycles. The predicted octanol–water partition coefficient (Wildman–Crippen LogP) is 4.31. The van der Waals surface area contributed by atoms with Gasteiger partial charge in [-0.2, -0.15) is 0 Å². The Morgan fingerprint density at radius 3 is 2.90 bits per heavy atom. The average Bonchev–Trinajstić information content (AvgIpc) is 2.87. The summed E-state index contributed by atoms with van der Waals surface area (Å²) in [6, 6.07) is 6.93. The molecule has 1 unspecified atom stereocenters. The van der Waals surface area contributed by atoms with E-state index in [4.69, 9.17) is 4.74 Å². The summed E-state index contributed by atoms with van der Waals surface area (Å²) in [5.74, 6) is 1.92. The van der Waals surface area contributed by atoms with Crippen molar-refractivity contribution >= 4 is 15.9 Å². The number of hydrogen-bond acceptors (Lipinski definition) is 2. The van der Waals surface area contributed by atoms with E-state index in [-0.39, 0.29) is 0 Å². The fourth-order valence-corrected chi connectivity index (χ4v) is 3.93. The molecule has 1 aliphatic heterocycles. The van der Waals surface area contributed by atoms with Crippen LogP contribution in [0, 0.1) is 5.92 Å². The van der Waals surface area contributed by atoms with Crippen molar-refractivity contribution in [3.63, 3.8) is 0 Å². The molecule has 20 heavy (non-hydrogen) atoms. The van der Waals surface area contributed by atoms with Crippen molar-refractivity contribution in [3.8, 4) is 5.75 Å². The normalized spacial score (nSPS) is 24.2. The van der Waals surface area contributed by atoms with Gasteiger partial charge in [0.15, 0.2) is 0 Å². The van der Waals surface area contributed by atoms with E-state index in [0.717, 1.165) is 29.1 Å². The molecule has 1 aliphatic carbocycles. The van der Waals surface area contributed by atoms with Crippen molar-refractivity contribution in [2.24, 2.45) is 5.92 Å². The highest BCUT2D eigenvalue weighted by atomic mass is 79.9. The zero-order chi connectivity index (χ0) is 13.9. The first-order valence-electron chi connectivity index (χ1n) is 7.91. The fourth-order valence-electron chi connectivity index (χ4n) is 3.52. The summed E-state index contributed by atoms with van der Waals surface area (Å²) in [6.07, 6.45) is 8.37. The zero-order valence-electron chi connectivity index (χ0n) is 12.2. The molecule has 1 saturated carbocycles. The van der Waals surface area contributed by atoms with Crippen molar-refractivity contribution in [2.45, 2.75) is 57.6 Å². The number of rotatable bonds is 4. The molecule has 0 bridgehead atoms. The molecule has 2 nitrogen and oxygen atoms in total. The molecule has 2 aliphatic rings. The Bertz CT molecular complexity index is 456. The van der Waals surface area contributed by atoms with E-state index in [1.54, 1.807) is 0 Å². The highest BCUT2D eigenvalue weighted by Crippen LogP contribution is 2.31. The van der Waals surface area contributed by atoms with Crippen LogP contribution in [0.1, 0.15) is 44.6 Å². The molecule has 0 amide bonds. The van der Waals surface area contributed by atoms with Gasteiger partial charge in [-0.25, -0.2) is 0 Å². The van der Waals surface area contributed by atoms with Crippen LogP contribution < -0.4 is 10.1 Å². The molecule has 1 aromatic carbocycles. The second-order valence-electron chi connectivity index (χ2n) is 6.29. The highest BCUT2D eigenvalue weighted by molar-refractivity contribution is 9.10. The molecule has 1 aromatic rings. The van der Waals surface area contributed by atoms with E-state index in [0.29, 0.717) is 12.1 Å². The Balaban J connectivity index is 1.48. The minimum atomic E-state index is 0.297. The van der Waals surface area contributed by atoms with Gasteiger partial charge in [-0.05, 0) is 49.4 Å². The van der Waals surface area contributed by atoms with Crippen LogP contribution in [-0.2, 0) is 6.42 Å². The van der Waals surface area contributed by atoms with E-state index in [9.17, 15) is 0 Å². The topological polar surface area (TPSA) is 21.3 Å². The van der Waals surface area contributed by atoms with Crippen LogP contribution in [0.3, 0.4) is 0 Å². The molecule has 0 saturated heterocycles. The van der Waals surface area contributed by atoms with Crippen LogP contribution in [0.25, 0.3) is 0 Å². The highest BCUT2D eigenvalue weighted by Gasteiger charge is 2.25. The lowest BCUT2D eigenvalue weighted by Crippen LogP contribution is -2.40. The van der Waals surface area contributed by atoms with Gasteiger partial charge in [0.05, 0.1) is 0 Å². The Labute approximate surface area is 130 Å². The fraction of sp³-hybridized carbons (Fsp3) is 0.647. The third-order valence-corrected chi connectivity index (χ3v) is 5.28. The standard InChI is InChI=1S/C17H24BrNO/c1-12(13-5-3-2-4-6-13)19-11-16-10-14-9-15(18)7-8-17(14)20-16/h7-9,12-13,16,19H,2-6,10-11H2,1H3/t12-,16?/m0/s1. The smallest absolute Gasteiger partial charge is 0.123 e. The van der Waals surface area contributed by atoms with Crippen LogP contribution in [0.2, 0.25) is 0 Å². The van der Waals surface area contributed by atoms with E-state index in [1.807, 2.05) is 0 Å². The molecule has 0 radical (unpaired) electrons. The minimum absolute atomic E-state index is 0.297. The SMILES string of the molecule is C[C@H](NCC1Cc2cc(Br)ccc2O1)C1CCCCC1. The Hall–Kier alpha value is -0.540. The lowest BCUT2D eigenvalue weighted by atomic mass is 9.84. The van der Waals surface area contributed by atoms with Gasteiger partial charge in [0.25, 0.3) is 0 Å². The molecular formula is C17H24BrNO. The zero-order valence-corrected chi connectivity index (χ0v) is 13.8.